The van der Waals surface area contributed by atoms with Crippen molar-refractivity contribution >= 4 is 12.3 Å². The number of hydrogen-bond donors (Lipinski definition) is 1. The Labute approximate surface area is 109 Å². The molecule has 19 heavy (non-hydrogen) atoms. The highest BCUT2D eigenvalue weighted by Crippen LogP contribution is 2.45. The third-order valence-electron chi connectivity index (χ3n) is 3.03. The molecule has 0 fully saturated rings. The lowest BCUT2D eigenvalue weighted by atomic mass is 9.97. The van der Waals surface area contributed by atoms with Gasteiger partial charge in [0.2, 0.25) is 6.29 Å². The number of hydrogen-bond acceptors (Lipinski definition) is 6. The standard InChI is InChI=1S/C13H14O6/c1-4-18-13-8-7(5-14)11(17-3)6(2)10(15)9(8)12(16)19-13/h5,13,15H,4H2,1-3H3/t13-/m0/s1. The molecular weight excluding hydrogens is 252 g/mol. The van der Waals surface area contributed by atoms with E-state index in [0.717, 1.165) is 0 Å². The summed E-state index contributed by atoms with van der Waals surface area (Å²) >= 11 is 0. The van der Waals surface area contributed by atoms with Gasteiger partial charge in [-0.25, -0.2) is 4.79 Å². The van der Waals surface area contributed by atoms with Crippen LogP contribution in [0.2, 0.25) is 0 Å². The molecule has 1 aliphatic heterocycles. The minimum atomic E-state index is -0.993. The van der Waals surface area contributed by atoms with E-state index in [1.165, 1.54) is 7.11 Å². The summed E-state index contributed by atoms with van der Waals surface area (Å²) in [6.45, 7) is 3.59. The second-order valence-corrected chi connectivity index (χ2v) is 4.02. The number of fused-ring (bicyclic) bond motifs is 1. The molecule has 0 bridgehead atoms. The van der Waals surface area contributed by atoms with Crippen molar-refractivity contribution in [1.82, 2.24) is 0 Å². The Hall–Kier alpha value is -2.08. The maximum Gasteiger partial charge on any atom is 0.345 e. The number of esters is 1. The Balaban J connectivity index is 2.77. The maximum absolute atomic E-state index is 11.8. The van der Waals surface area contributed by atoms with Crippen molar-refractivity contribution in [1.29, 1.82) is 0 Å². The third-order valence-corrected chi connectivity index (χ3v) is 3.03. The zero-order valence-electron chi connectivity index (χ0n) is 10.9. The molecule has 6 heteroatoms. The van der Waals surface area contributed by atoms with Gasteiger partial charge < -0.3 is 19.3 Å². The molecule has 1 N–H and O–H groups in total. The fourth-order valence-corrected chi connectivity index (χ4v) is 2.20. The Bertz CT molecular complexity index is 549. The molecule has 1 heterocycles. The van der Waals surface area contributed by atoms with E-state index in [1.54, 1.807) is 13.8 Å². The summed E-state index contributed by atoms with van der Waals surface area (Å²) in [5, 5.41) is 10.1. The second-order valence-electron chi connectivity index (χ2n) is 4.02. The van der Waals surface area contributed by atoms with Crippen LogP contribution in [0.4, 0.5) is 0 Å². The van der Waals surface area contributed by atoms with Crippen LogP contribution >= 0.6 is 0 Å². The van der Waals surface area contributed by atoms with Crippen LogP contribution in [0.1, 0.15) is 45.1 Å². The molecule has 0 radical (unpaired) electrons. The number of carbonyl (C=O) groups excluding carboxylic acids is 2. The largest absolute Gasteiger partial charge is 0.507 e. The summed E-state index contributed by atoms with van der Waals surface area (Å²) in [5.74, 6) is -0.737. The molecule has 1 aromatic carbocycles. The molecule has 1 aromatic rings. The summed E-state index contributed by atoms with van der Waals surface area (Å²) in [4.78, 5) is 23.1. The summed E-state index contributed by atoms with van der Waals surface area (Å²) in [7, 11) is 1.38. The number of aromatic hydroxyl groups is 1. The first-order valence-electron chi connectivity index (χ1n) is 5.77. The molecule has 0 spiro atoms. The molecule has 0 saturated heterocycles. The van der Waals surface area contributed by atoms with Crippen LogP contribution in [0.25, 0.3) is 0 Å². The van der Waals surface area contributed by atoms with Crippen LogP contribution in [0.5, 0.6) is 11.5 Å². The number of methoxy groups -OCH3 is 1. The Morgan fingerprint density at radius 2 is 2.16 bits per heavy atom. The van der Waals surface area contributed by atoms with Gasteiger partial charge in [0.1, 0.15) is 17.1 Å². The quantitative estimate of drug-likeness (QED) is 0.660. The van der Waals surface area contributed by atoms with Crippen LogP contribution in [0.15, 0.2) is 0 Å². The normalized spacial score (nSPS) is 17.0. The van der Waals surface area contributed by atoms with E-state index in [0.29, 0.717) is 18.5 Å². The number of rotatable bonds is 4. The highest BCUT2D eigenvalue weighted by Gasteiger charge is 2.39. The fraction of sp³-hybridized carbons (Fsp3) is 0.385. The highest BCUT2D eigenvalue weighted by molar-refractivity contribution is 6.01. The summed E-state index contributed by atoms with van der Waals surface area (Å²) in [6, 6.07) is 0. The van der Waals surface area contributed by atoms with Crippen molar-refractivity contribution in [2.24, 2.45) is 0 Å². The van der Waals surface area contributed by atoms with Gasteiger partial charge in [-0.3, -0.25) is 4.79 Å². The topological polar surface area (TPSA) is 82.1 Å². The van der Waals surface area contributed by atoms with Crippen molar-refractivity contribution in [3.63, 3.8) is 0 Å². The summed E-state index contributed by atoms with van der Waals surface area (Å²) in [5.41, 5.74) is 0.676. The van der Waals surface area contributed by atoms with Crippen LogP contribution in [0, 0.1) is 6.92 Å². The highest BCUT2D eigenvalue weighted by atomic mass is 16.7. The lowest BCUT2D eigenvalue weighted by molar-refractivity contribution is -0.0995. The molecule has 102 valence electrons. The minimum absolute atomic E-state index is 0.0288. The Morgan fingerprint density at radius 3 is 2.68 bits per heavy atom. The molecule has 0 aliphatic carbocycles. The van der Waals surface area contributed by atoms with Gasteiger partial charge in [0.25, 0.3) is 0 Å². The number of phenols is 1. The van der Waals surface area contributed by atoms with Gasteiger partial charge in [-0.15, -0.1) is 0 Å². The van der Waals surface area contributed by atoms with E-state index in [-0.39, 0.29) is 28.2 Å². The van der Waals surface area contributed by atoms with Crippen molar-refractivity contribution in [2.75, 3.05) is 13.7 Å². The molecule has 0 aromatic heterocycles. The summed E-state index contributed by atoms with van der Waals surface area (Å²) < 4.78 is 15.4. The van der Waals surface area contributed by atoms with Crippen LogP contribution < -0.4 is 4.74 Å². The number of cyclic esters (lactones) is 1. The molecule has 2 rings (SSSR count). The molecule has 1 aliphatic rings. The molecule has 0 amide bonds. The van der Waals surface area contributed by atoms with E-state index in [9.17, 15) is 14.7 Å². The van der Waals surface area contributed by atoms with Crippen molar-refractivity contribution in [3.8, 4) is 11.5 Å². The average molecular weight is 266 g/mol. The molecule has 6 nitrogen and oxygen atoms in total. The molecule has 1 atom stereocenters. The number of benzene rings is 1. The zero-order chi connectivity index (χ0) is 14.2. The first kappa shape index (κ1) is 13.4. The van der Waals surface area contributed by atoms with Gasteiger partial charge in [-0.05, 0) is 13.8 Å². The van der Waals surface area contributed by atoms with Gasteiger partial charge in [0, 0.05) is 12.2 Å². The van der Waals surface area contributed by atoms with E-state index < -0.39 is 12.3 Å². The van der Waals surface area contributed by atoms with E-state index in [2.05, 4.69) is 0 Å². The predicted octanol–water partition coefficient (Wildman–Crippen LogP) is 1.73. The smallest absolute Gasteiger partial charge is 0.345 e. The number of aldehydes is 1. The molecular formula is C13H14O6. The Kier molecular flexibility index (Phi) is 3.44. The zero-order valence-corrected chi connectivity index (χ0v) is 10.9. The van der Waals surface area contributed by atoms with Crippen LogP contribution in [-0.2, 0) is 9.47 Å². The van der Waals surface area contributed by atoms with Gasteiger partial charge >= 0.3 is 5.97 Å². The number of ether oxygens (including phenoxy) is 3. The third kappa shape index (κ3) is 1.84. The second kappa shape index (κ2) is 4.89. The van der Waals surface area contributed by atoms with E-state index in [4.69, 9.17) is 14.2 Å². The first-order chi connectivity index (χ1) is 9.06. The SMILES string of the molecule is CCO[C@H]1OC(=O)c2c(O)c(C)c(OC)c(C=O)c21. The van der Waals surface area contributed by atoms with Gasteiger partial charge in [-0.2, -0.15) is 0 Å². The predicted molar refractivity (Wildman–Crippen MR) is 64.6 cm³/mol. The monoisotopic (exact) mass is 266 g/mol. The van der Waals surface area contributed by atoms with Gasteiger partial charge in [0.15, 0.2) is 6.29 Å². The van der Waals surface area contributed by atoms with Gasteiger partial charge in [0.05, 0.1) is 18.2 Å². The minimum Gasteiger partial charge on any atom is -0.507 e. The average Bonchev–Trinajstić information content (AvgIpc) is 2.71. The first-order valence-corrected chi connectivity index (χ1v) is 5.77. The van der Waals surface area contributed by atoms with Crippen LogP contribution in [-0.4, -0.2) is 31.1 Å². The Morgan fingerprint density at radius 1 is 1.47 bits per heavy atom. The van der Waals surface area contributed by atoms with E-state index >= 15 is 0 Å². The number of carbonyl (C=O) groups is 2. The van der Waals surface area contributed by atoms with Crippen molar-refractivity contribution in [3.05, 3.63) is 22.3 Å². The van der Waals surface area contributed by atoms with Crippen LogP contribution in [0.3, 0.4) is 0 Å². The summed E-state index contributed by atoms with van der Waals surface area (Å²) in [6.07, 6.45) is -0.425. The van der Waals surface area contributed by atoms with Crippen molar-refractivity contribution in [2.45, 2.75) is 20.1 Å². The lowest BCUT2D eigenvalue weighted by Crippen LogP contribution is -2.07. The van der Waals surface area contributed by atoms with Gasteiger partial charge in [-0.1, -0.05) is 0 Å². The fourth-order valence-electron chi connectivity index (χ4n) is 2.20. The number of phenolic OH excluding ortho intramolecular Hbond substituents is 1. The van der Waals surface area contributed by atoms with E-state index in [1.807, 2.05) is 0 Å². The molecule has 0 saturated carbocycles. The maximum atomic E-state index is 11.8. The molecule has 0 unspecified atom stereocenters. The lowest BCUT2D eigenvalue weighted by Gasteiger charge is -2.16. The van der Waals surface area contributed by atoms with Crippen molar-refractivity contribution < 1.29 is 28.9 Å².